The van der Waals surface area contributed by atoms with Crippen LogP contribution in [0, 0.1) is 18.3 Å². The van der Waals surface area contributed by atoms with Crippen molar-refractivity contribution in [2.24, 2.45) is 0 Å². The van der Waals surface area contributed by atoms with E-state index in [1.807, 2.05) is 13.8 Å². The Morgan fingerprint density at radius 2 is 2.23 bits per heavy atom. The summed E-state index contributed by atoms with van der Waals surface area (Å²) in [5.41, 5.74) is 2.94. The van der Waals surface area contributed by atoms with Crippen LogP contribution in [0.2, 0.25) is 0 Å². The van der Waals surface area contributed by atoms with Crippen LogP contribution in [0.1, 0.15) is 36.7 Å². The minimum Gasteiger partial charge on any atom is -0.241 e. The van der Waals surface area contributed by atoms with E-state index in [4.69, 9.17) is 5.26 Å². The van der Waals surface area contributed by atoms with E-state index in [1.54, 1.807) is 0 Å². The molecule has 1 rings (SSSR count). The van der Waals surface area contributed by atoms with E-state index in [-0.39, 0.29) is 5.92 Å². The molecule has 1 aromatic heterocycles. The van der Waals surface area contributed by atoms with Gasteiger partial charge in [-0.25, -0.2) is 9.97 Å². The summed E-state index contributed by atoms with van der Waals surface area (Å²) in [6, 6.07) is 2.18. The molecule has 0 bridgehead atoms. The fraction of sp³-hybridized carbons (Fsp3) is 0.500. The lowest BCUT2D eigenvalue weighted by Crippen LogP contribution is -2.03. The van der Waals surface area contributed by atoms with Crippen LogP contribution in [0.5, 0.6) is 0 Å². The van der Waals surface area contributed by atoms with Gasteiger partial charge in [-0.2, -0.15) is 5.26 Å². The van der Waals surface area contributed by atoms with Crippen molar-refractivity contribution >= 4 is 0 Å². The van der Waals surface area contributed by atoms with E-state index in [2.05, 4.69) is 23.0 Å². The maximum atomic E-state index is 8.77. The first-order chi connectivity index (χ1) is 6.20. The van der Waals surface area contributed by atoms with E-state index in [1.165, 1.54) is 6.33 Å². The topological polar surface area (TPSA) is 49.6 Å². The van der Waals surface area contributed by atoms with E-state index >= 15 is 0 Å². The molecule has 0 radical (unpaired) electrons. The first-order valence-corrected chi connectivity index (χ1v) is 4.40. The van der Waals surface area contributed by atoms with Gasteiger partial charge < -0.3 is 0 Å². The molecular weight excluding hydrogens is 162 g/mol. The van der Waals surface area contributed by atoms with Crippen LogP contribution in [0.15, 0.2) is 6.33 Å². The molecule has 1 atom stereocenters. The summed E-state index contributed by atoms with van der Waals surface area (Å²) in [5, 5.41) is 8.77. The molecule has 0 aliphatic carbocycles. The lowest BCUT2D eigenvalue weighted by atomic mass is 10.0. The number of nitrogens with zero attached hydrogens (tertiary/aromatic N) is 3. The molecule has 0 spiro atoms. The largest absolute Gasteiger partial charge is 0.241 e. The molecule has 0 aliphatic rings. The van der Waals surface area contributed by atoms with Crippen molar-refractivity contribution in [3.05, 3.63) is 23.3 Å². The van der Waals surface area contributed by atoms with Gasteiger partial charge in [0, 0.05) is 5.69 Å². The second kappa shape index (κ2) is 3.99. The van der Waals surface area contributed by atoms with Gasteiger partial charge in [0.15, 0.2) is 0 Å². The van der Waals surface area contributed by atoms with Gasteiger partial charge in [0.05, 0.1) is 17.7 Å². The minimum absolute atomic E-state index is 0.145. The Kier molecular flexibility index (Phi) is 2.97. The van der Waals surface area contributed by atoms with Crippen LogP contribution < -0.4 is 0 Å². The highest BCUT2D eigenvalue weighted by Gasteiger charge is 2.11. The van der Waals surface area contributed by atoms with Crippen LogP contribution >= 0.6 is 0 Å². The Labute approximate surface area is 78.5 Å². The molecule has 0 saturated heterocycles. The highest BCUT2D eigenvalue weighted by Crippen LogP contribution is 2.17. The van der Waals surface area contributed by atoms with Gasteiger partial charge in [0.1, 0.15) is 6.33 Å². The number of aromatic nitrogens is 2. The van der Waals surface area contributed by atoms with Crippen molar-refractivity contribution in [3.8, 4) is 6.07 Å². The average Bonchev–Trinajstić information content (AvgIpc) is 2.17. The maximum absolute atomic E-state index is 8.77. The Balaban J connectivity index is 3.17. The van der Waals surface area contributed by atoms with Crippen molar-refractivity contribution in [1.29, 1.82) is 5.26 Å². The summed E-state index contributed by atoms with van der Waals surface area (Å²) in [7, 11) is 0. The Bertz CT molecular complexity index is 339. The first-order valence-electron chi connectivity index (χ1n) is 4.40. The highest BCUT2D eigenvalue weighted by atomic mass is 14.8. The highest BCUT2D eigenvalue weighted by molar-refractivity contribution is 5.28. The Hall–Kier alpha value is -1.43. The van der Waals surface area contributed by atoms with Crippen LogP contribution in [-0.2, 0) is 6.42 Å². The molecule has 0 aromatic carbocycles. The van der Waals surface area contributed by atoms with E-state index in [0.717, 1.165) is 23.4 Å². The normalized spacial score (nSPS) is 12.2. The third kappa shape index (κ3) is 1.83. The quantitative estimate of drug-likeness (QED) is 0.690. The standard InChI is InChI=1S/C10H13N3/c1-4-9-8(3)10(7(2)5-11)13-6-12-9/h6-7H,4H2,1-3H3. The summed E-state index contributed by atoms with van der Waals surface area (Å²) in [6.45, 7) is 5.88. The minimum atomic E-state index is -0.145. The zero-order valence-electron chi connectivity index (χ0n) is 8.20. The lowest BCUT2D eigenvalue weighted by Gasteiger charge is -2.08. The van der Waals surface area contributed by atoms with E-state index in [0.29, 0.717) is 0 Å². The SMILES string of the molecule is CCc1ncnc(C(C)C#N)c1C. The zero-order chi connectivity index (χ0) is 9.84. The van der Waals surface area contributed by atoms with Gasteiger partial charge in [0.2, 0.25) is 0 Å². The van der Waals surface area contributed by atoms with Gasteiger partial charge in [-0.15, -0.1) is 0 Å². The molecule has 13 heavy (non-hydrogen) atoms. The molecule has 1 aromatic rings. The molecule has 0 saturated carbocycles. The fourth-order valence-corrected chi connectivity index (χ4v) is 1.36. The number of nitriles is 1. The summed E-state index contributed by atoms with van der Waals surface area (Å²) in [6.07, 6.45) is 2.43. The lowest BCUT2D eigenvalue weighted by molar-refractivity contribution is 0.853. The molecule has 0 aliphatic heterocycles. The molecule has 0 fully saturated rings. The molecule has 3 heteroatoms. The van der Waals surface area contributed by atoms with Gasteiger partial charge in [-0.3, -0.25) is 0 Å². The number of rotatable bonds is 2. The van der Waals surface area contributed by atoms with Crippen molar-refractivity contribution in [2.75, 3.05) is 0 Å². The summed E-state index contributed by atoms with van der Waals surface area (Å²) < 4.78 is 0. The molecule has 0 N–H and O–H groups in total. The van der Waals surface area contributed by atoms with Crippen LogP contribution in [-0.4, -0.2) is 9.97 Å². The average molecular weight is 175 g/mol. The Morgan fingerprint density at radius 3 is 2.77 bits per heavy atom. The third-order valence-corrected chi connectivity index (χ3v) is 2.17. The number of hydrogen-bond donors (Lipinski definition) is 0. The van der Waals surface area contributed by atoms with Gasteiger partial charge in [-0.05, 0) is 25.8 Å². The summed E-state index contributed by atoms with van der Waals surface area (Å²) in [4.78, 5) is 8.28. The second-order valence-electron chi connectivity index (χ2n) is 3.03. The first kappa shape index (κ1) is 9.66. The maximum Gasteiger partial charge on any atom is 0.116 e. The van der Waals surface area contributed by atoms with Gasteiger partial charge >= 0.3 is 0 Å². The van der Waals surface area contributed by atoms with Gasteiger partial charge in [-0.1, -0.05) is 6.92 Å². The number of hydrogen-bond acceptors (Lipinski definition) is 3. The van der Waals surface area contributed by atoms with Crippen molar-refractivity contribution < 1.29 is 0 Å². The smallest absolute Gasteiger partial charge is 0.116 e. The van der Waals surface area contributed by atoms with Crippen LogP contribution in [0.25, 0.3) is 0 Å². The summed E-state index contributed by atoms with van der Waals surface area (Å²) >= 11 is 0. The zero-order valence-corrected chi connectivity index (χ0v) is 8.20. The predicted molar refractivity (Wildman–Crippen MR) is 50.2 cm³/mol. The molecule has 1 unspecified atom stereocenters. The molecule has 68 valence electrons. The van der Waals surface area contributed by atoms with Crippen LogP contribution in [0.3, 0.4) is 0 Å². The van der Waals surface area contributed by atoms with Crippen molar-refractivity contribution in [2.45, 2.75) is 33.1 Å². The molecule has 0 amide bonds. The Morgan fingerprint density at radius 1 is 1.54 bits per heavy atom. The predicted octanol–water partition coefficient (Wildman–Crippen LogP) is 1.97. The van der Waals surface area contributed by atoms with Crippen molar-refractivity contribution in [3.63, 3.8) is 0 Å². The molecular formula is C10H13N3. The summed E-state index contributed by atoms with van der Waals surface area (Å²) in [5.74, 6) is -0.145. The van der Waals surface area contributed by atoms with Gasteiger partial charge in [0.25, 0.3) is 0 Å². The van der Waals surface area contributed by atoms with E-state index < -0.39 is 0 Å². The van der Waals surface area contributed by atoms with E-state index in [9.17, 15) is 0 Å². The monoisotopic (exact) mass is 175 g/mol. The van der Waals surface area contributed by atoms with Crippen molar-refractivity contribution in [1.82, 2.24) is 9.97 Å². The molecule has 1 heterocycles. The molecule has 3 nitrogen and oxygen atoms in total. The second-order valence-corrected chi connectivity index (χ2v) is 3.03. The fourth-order valence-electron chi connectivity index (χ4n) is 1.36. The van der Waals surface area contributed by atoms with Crippen LogP contribution in [0.4, 0.5) is 0 Å². The third-order valence-electron chi connectivity index (χ3n) is 2.17. The number of aryl methyl sites for hydroxylation is 1.